The highest BCUT2D eigenvalue weighted by Crippen LogP contribution is 2.26. The SMILES string of the molecule is NC1(C(=O)NCc2ccc(S(N)(=O)=O)s2)CCCCC1. The zero-order chi connectivity index (χ0) is 14.8. The molecule has 0 unspecified atom stereocenters. The fraction of sp³-hybridized carbons (Fsp3) is 0.583. The van der Waals surface area contributed by atoms with Crippen molar-refractivity contribution >= 4 is 27.3 Å². The molecule has 20 heavy (non-hydrogen) atoms. The summed E-state index contributed by atoms with van der Waals surface area (Å²) in [6, 6.07) is 3.09. The van der Waals surface area contributed by atoms with Crippen LogP contribution in [0.25, 0.3) is 0 Å². The van der Waals surface area contributed by atoms with Crippen LogP contribution in [0.3, 0.4) is 0 Å². The van der Waals surface area contributed by atoms with E-state index in [0.717, 1.165) is 35.5 Å². The first-order valence-corrected chi connectivity index (χ1v) is 8.86. The highest BCUT2D eigenvalue weighted by Gasteiger charge is 2.34. The summed E-state index contributed by atoms with van der Waals surface area (Å²) >= 11 is 1.06. The lowest BCUT2D eigenvalue weighted by Crippen LogP contribution is -2.54. The minimum absolute atomic E-state index is 0.0990. The van der Waals surface area contributed by atoms with E-state index >= 15 is 0 Å². The predicted molar refractivity (Wildman–Crippen MR) is 77.5 cm³/mol. The van der Waals surface area contributed by atoms with Gasteiger partial charge in [0.2, 0.25) is 15.9 Å². The molecule has 1 saturated carbocycles. The minimum Gasteiger partial charge on any atom is -0.350 e. The third-order valence-electron chi connectivity index (χ3n) is 3.54. The summed E-state index contributed by atoms with van der Waals surface area (Å²) in [5, 5.41) is 7.82. The van der Waals surface area contributed by atoms with E-state index in [9.17, 15) is 13.2 Å². The fourth-order valence-corrected chi connectivity index (χ4v) is 4.08. The maximum Gasteiger partial charge on any atom is 0.247 e. The van der Waals surface area contributed by atoms with E-state index < -0.39 is 15.6 Å². The number of thiophene rings is 1. The number of nitrogens with two attached hydrogens (primary N) is 2. The monoisotopic (exact) mass is 317 g/mol. The molecule has 1 heterocycles. The van der Waals surface area contributed by atoms with Crippen molar-refractivity contribution in [1.82, 2.24) is 5.32 Å². The van der Waals surface area contributed by atoms with Gasteiger partial charge in [0.1, 0.15) is 4.21 Å². The van der Waals surface area contributed by atoms with E-state index in [-0.39, 0.29) is 16.7 Å². The molecule has 5 N–H and O–H groups in total. The molecular formula is C12H19N3O3S2. The number of hydrogen-bond acceptors (Lipinski definition) is 5. The third kappa shape index (κ3) is 3.57. The highest BCUT2D eigenvalue weighted by atomic mass is 32.2. The summed E-state index contributed by atoms with van der Waals surface area (Å²) in [5.74, 6) is -0.164. The molecule has 1 amide bonds. The summed E-state index contributed by atoms with van der Waals surface area (Å²) in [7, 11) is -3.67. The molecule has 1 aliphatic rings. The number of rotatable bonds is 4. The number of nitrogens with one attached hydrogen (secondary N) is 1. The van der Waals surface area contributed by atoms with Gasteiger partial charge in [-0.3, -0.25) is 4.79 Å². The van der Waals surface area contributed by atoms with Gasteiger partial charge >= 0.3 is 0 Å². The maximum absolute atomic E-state index is 12.1. The average molecular weight is 317 g/mol. The summed E-state index contributed by atoms with van der Waals surface area (Å²) in [6.45, 7) is 0.276. The maximum atomic E-state index is 12.1. The predicted octanol–water partition coefficient (Wildman–Crippen LogP) is 0.673. The summed E-state index contributed by atoms with van der Waals surface area (Å²) < 4.78 is 22.4. The summed E-state index contributed by atoms with van der Waals surface area (Å²) in [4.78, 5) is 12.9. The van der Waals surface area contributed by atoms with Crippen molar-refractivity contribution in [2.45, 2.75) is 48.4 Å². The lowest BCUT2D eigenvalue weighted by Gasteiger charge is -2.31. The molecule has 112 valence electrons. The largest absolute Gasteiger partial charge is 0.350 e. The van der Waals surface area contributed by atoms with Crippen LogP contribution in [0.15, 0.2) is 16.3 Å². The molecule has 2 rings (SSSR count). The van der Waals surface area contributed by atoms with Gasteiger partial charge in [0, 0.05) is 4.88 Å². The Morgan fingerprint density at radius 1 is 1.30 bits per heavy atom. The van der Waals surface area contributed by atoms with Crippen molar-refractivity contribution < 1.29 is 13.2 Å². The number of sulfonamides is 1. The average Bonchev–Trinajstić information content (AvgIpc) is 2.85. The first-order valence-electron chi connectivity index (χ1n) is 6.50. The van der Waals surface area contributed by atoms with Crippen molar-refractivity contribution in [2.24, 2.45) is 10.9 Å². The van der Waals surface area contributed by atoms with Crippen molar-refractivity contribution in [3.63, 3.8) is 0 Å². The van der Waals surface area contributed by atoms with Gasteiger partial charge in [0.15, 0.2) is 0 Å². The second-order valence-electron chi connectivity index (χ2n) is 5.17. The molecule has 0 aliphatic heterocycles. The quantitative estimate of drug-likeness (QED) is 0.757. The van der Waals surface area contributed by atoms with Crippen LogP contribution in [0.4, 0.5) is 0 Å². The van der Waals surface area contributed by atoms with Gasteiger partial charge in [0.05, 0.1) is 12.1 Å². The zero-order valence-corrected chi connectivity index (χ0v) is 12.7. The Hall–Kier alpha value is -0.960. The zero-order valence-electron chi connectivity index (χ0n) is 11.1. The van der Waals surface area contributed by atoms with Gasteiger partial charge in [-0.2, -0.15) is 0 Å². The number of amides is 1. The smallest absolute Gasteiger partial charge is 0.247 e. The van der Waals surface area contributed by atoms with E-state index in [2.05, 4.69) is 5.32 Å². The second-order valence-corrected chi connectivity index (χ2v) is 8.12. The van der Waals surface area contributed by atoms with Gasteiger partial charge in [-0.1, -0.05) is 19.3 Å². The number of carbonyl (C=O) groups excluding carboxylic acids is 1. The van der Waals surface area contributed by atoms with Crippen LogP contribution in [0.1, 0.15) is 37.0 Å². The molecule has 6 nitrogen and oxygen atoms in total. The molecular weight excluding hydrogens is 298 g/mol. The minimum atomic E-state index is -3.67. The van der Waals surface area contributed by atoms with Crippen LogP contribution in [0, 0.1) is 0 Å². The third-order valence-corrected chi connectivity index (χ3v) is 6.06. The van der Waals surface area contributed by atoms with E-state index in [1.807, 2.05) is 0 Å². The normalized spacial score (nSPS) is 18.7. The van der Waals surface area contributed by atoms with Crippen molar-refractivity contribution in [1.29, 1.82) is 0 Å². The summed E-state index contributed by atoms with van der Waals surface area (Å²) in [6.07, 6.45) is 4.46. The standard InChI is InChI=1S/C12H19N3O3S2/c13-12(6-2-1-3-7-12)11(16)15-8-9-4-5-10(19-9)20(14,17)18/h4-5H,1-3,6-8,13H2,(H,15,16)(H2,14,17,18). The Balaban J connectivity index is 1.95. The molecule has 1 aromatic rings. The van der Waals surface area contributed by atoms with Crippen LogP contribution in [-0.2, 0) is 21.4 Å². The molecule has 0 atom stereocenters. The van der Waals surface area contributed by atoms with Crippen molar-refractivity contribution in [3.8, 4) is 0 Å². The Morgan fingerprint density at radius 3 is 2.50 bits per heavy atom. The number of carbonyl (C=O) groups is 1. The number of primary sulfonamides is 1. The van der Waals surface area contributed by atoms with Crippen LogP contribution >= 0.6 is 11.3 Å². The lowest BCUT2D eigenvalue weighted by molar-refractivity contribution is -0.127. The van der Waals surface area contributed by atoms with Gasteiger partial charge in [0.25, 0.3) is 0 Å². The molecule has 0 spiro atoms. The molecule has 1 fully saturated rings. The molecule has 0 radical (unpaired) electrons. The van der Waals surface area contributed by atoms with Crippen LogP contribution in [0.2, 0.25) is 0 Å². The second kappa shape index (κ2) is 5.80. The van der Waals surface area contributed by atoms with Gasteiger partial charge in [-0.25, -0.2) is 13.6 Å². The van der Waals surface area contributed by atoms with E-state index in [0.29, 0.717) is 12.8 Å². The fourth-order valence-electron chi connectivity index (χ4n) is 2.36. The van der Waals surface area contributed by atoms with Crippen molar-refractivity contribution in [3.05, 3.63) is 17.0 Å². The van der Waals surface area contributed by atoms with Crippen LogP contribution in [0.5, 0.6) is 0 Å². The molecule has 0 aromatic carbocycles. The molecule has 1 aromatic heterocycles. The van der Waals surface area contributed by atoms with E-state index in [1.165, 1.54) is 6.07 Å². The lowest BCUT2D eigenvalue weighted by atomic mass is 9.82. The van der Waals surface area contributed by atoms with E-state index in [1.54, 1.807) is 6.07 Å². The Kier molecular flexibility index (Phi) is 4.48. The van der Waals surface area contributed by atoms with Gasteiger partial charge in [-0.15, -0.1) is 11.3 Å². The highest BCUT2D eigenvalue weighted by molar-refractivity contribution is 7.91. The first-order chi connectivity index (χ1) is 9.31. The topological polar surface area (TPSA) is 115 Å². The van der Waals surface area contributed by atoms with Crippen LogP contribution in [-0.4, -0.2) is 19.9 Å². The Bertz CT molecular complexity index is 589. The molecule has 0 bridgehead atoms. The Labute approximate surface area is 122 Å². The van der Waals surface area contributed by atoms with Crippen molar-refractivity contribution in [2.75, 3.05) is 0 Å². The van der Waals surface area contributed by atoms with E-state index in [4.69, 9.17) is 10.9 Å². The van der Waals surface area contributed by atoms with Gasteiger partial charge < -0.3 is 11.1 Å². The summed E-state index contributed by atoms with van der Waals surface area (Å²) in [5.41, 5.74) is 5.34. The van der Waals surface area contributed by atoms with Crippen LogP contribution < -0.4 is 16.2 Å². The molecule has 8 heteroatoms. The Morgan fingerprint density at radius 2 is 1.95 bits per heavy atom. The number of hydrogen-bond donors (Lipinski definition) is 3. The van der Waals surface area contributed by atoms with Gasteiger partial charge in [-0.05, 0) is 25.0 Å². The molecule has 0 saturated heterocycles. The first kappa shape index (κ1) is 15.4. The molecule has 1 aliphatic carbocycles.